The predicted molar refractivity (Wildman–Crippen MR) is 116 cm³/mol. The summed E-state index contributed by atoms with van der Waals surface area (Å²) in [6.07, 6.45) is 6.47. The van der Waals surface area contributed by atoms with Crippen molar-refractivity contribution in [3.05, 3.63) is 63.6 Å². The SMILES string of the molecule is O=c1cc(CSc2ccc(S(=O)(=O)N3CCCC3)cn2)c2cc3c(cc2o1)CCC3. The lowest BCUT2D eigenvalue weighted by atomic mass is 10.0. The Morgan fingerprint density at radius 3 is 2.53 bits per heavy atom. The molecule has 6 nitrogen and oxygen atoms in total. The molecule has 1 aliphatic carbocycles. The molecule has 1 saturated heterocycles. The third-order valence-electron chi connectivity index (χ3n) is 5.83. The third-order valence-corrected chi connectivity index (χ3v) is 8.70. The summed E-state index contributed by atoms with van der Waals surface area (Å²) in [5.41, 5.74) is 3.80. The van der Waals surface area contributed by atoms with Crippen LogP contribution in [0.4, 0.5) is 0 Å². The molecule has 0 atom stereocenters. The number of rotatable bonds is 5. The normalized spacial score (nSPS) is 16.9. The van der Waals surface area contributed by atoms with E-state index in [-0.39, 0.29) is 10.5 Å². The Morgan fingerprint density at radius 2 is 1.80 bits per heavy atom. The zero-order valence-electron chi connectivity index (χ0n) is 16.5. The molecule has 2 aromatic heterocycles. The molecule has 1 fully saturated rings. The van der Waals surface area contributed by atoms with Crippen LogP contribution in [0.15, 0.2) is 55.7 Å². The van der Waals surface area contributed by atoms with Gasteiger partial charge in [0.25, 0.3) is 0 Å². The first-order valence-electron chi connectivity index (χ1n) is 10.2. The topological polar surface area (TPSA) is 80.5 Å². The number of aromatic nitrogens is 1. The fourth-order valence-corrected chi connectivity index (χ4v) is 6.54. The molecule has 0 amide bonds. The Balaban J connectivity index is 1.37. The van der Waals surface area contributed by atoms with Crippen molar-refractivity contribution in [1.29, 1.82) is 0 Å². The molecule has 2 aliphatic rings. The van der Waals surface area contributed by atoms with Gasteiger partial charge in [-0.15, -0.1) is 11.8 Å². The van der Waals surface area contributed by atoms with Crippen LogP contribution in [0.5, 0.6) is 0 Å². The van der Waals surface area contributed by atoms with Gasteiger partial charge in [-0.05, 0) is 73.1 Å². The zero-order valence-corrected chi connectivity index (χ0v) is 18.1. The van der Waals surface area contributed by atoms with Crippen LogP contribution < -0.4 is 5.63 Å². The fraction of sp³-hybridized carbons (Fsp3) is 0.364. The average Bonchev–Trinajstić information content (AvgIpc) is 3.43. The van der Waals surface area contributed by atoms with Crippen LogP contribution in [-0.4, -0.2) is 30.8 Å². The van der Waals surface area contributed by atoms with E-state index < -0.39 is 10.0 Å². The molecule has 0 saturated carbocycles. The van der Waals surface area contributed by atoms with E-state index in [9.17, 15) is 13.2 Å². The van der Waals surface area contributed by atoms with Crippen molar-refractivity contribution in [3.8, 4) is 0 Å². The highest BCUT2D eigenvalue weighted by molar-refractivity contribution is 7.98. The molecule has 0 unspecified atom stereocenters. The lowest BCUT2D eigenvalue weighted by molar-refractivity contribution is 0.477. The minimum Gasteiger partial charge on any atom is -0.423 e. The number of sulfonamides is 1. The molecule has 3 aromatic rings. The summed E-state index contributed by atoms with van der Waals surface area (Å²) in [5.74, 6) is 0.562. The van der Waals surface area contributed by atoms with Crippen LogP contribution >= 0.6 is 11.8 Å². The molecule has 1 aliphatic heterocycles. The van der Waals surface area contributed by atoms with E-state index >= 15 is 0 Å². The number of fused-ring (bicyclic) bond motifs is 2. The summed E-state index contributed by atoms with van der Waals surface area (Å²) in [7, 11) is -3.46. The Bertz CT molecular complexity index is 1260. The molecule has 3 heterocycles. The monoisotopic (exact) mass is 442 g/mol. The molecule has 5 rings (SSSR count). The van der Waals surface area contributed by atoms with Gasteiger partial charge in [-0.3, -0.25) is 0 Å². The molecule has 8 heteroatoms. The van der Waals surface area contributed by atoms with Crippen molar-refractivity contribution in [2.24, 2.45) is 0 Å². The highest BCUT2D eigenvalue weighted by atomic mass is 32.2. The molecule has 0 spiro atoms. The molecule has 156 valence electrons. The largest absolute Gasteiger partial charge is 0.423 e. The van der Waals surface area contributed by atoms with E-state index in [1.165, 1.54) is 33.4 Å². The van der Waals surface area contributed by atoms with Crippen molar-refractivity contribution in [2.75, 3.05) is 13.1 Å². The van der Waals surface area contributed by atoms with Crippen molar-refractivity contribution in [1.82, 2.24) is 9.29 Å². The zero-order chi connectivity index (χ0) is 20.7. The minimum absolute atomic E-state index is 0.232. The van der Waals surface area contributed by atoms with Crippen molar-refractivity contribution >= 4 is 32.8 Å². The van der Waals surface area contributed by atoms with Gasteiger partial charge in [0, 0.05) is 36.5 Å². The Morgan fingerprint density at radius 1 is 1.03 bits per heavy atom. The maximum absolute atomic E-state index is 12.6. The standard InChI is InChI=1S/C22H22N2O4S2/c25-22-12-17(19-10-15-4-3-5-16(15)11-20(19)28-22)14-29-21-7-6-18(13-23-21)30(26,27)24-8-1-2-9-24/h6-7,10-13H,1-5,8-9,14H2. The second kappa shape index (κ2) is 7.83. The number of hydrogen-bond donors (Lipinski definition) is 0. The first kappa shape index (κ1) is 19.8. The lowest BCUT2D eigenvalue weighted by Crippen LogP contribution is -2.27. The van der Waals surface area contributed by atoms with Crippen LogP contribution in [0.1, 0.15) is 36.0 Å². The highest BCUT2D eigenvalue weighted by Crippen LogP contribution is 2.31. The van der Waals surface area contributed by atoms with Gasteiger partial charge in [0.05, 0.1) is 5.03 Å². The first-order chi connectivity index (χ1) is 14.5. The number of nitrogens with zero attached hydrogens (tertiary/aromatic N) is 2. The molecule has 0 bridgehead atoms. The van der Waals surface area contributed by atoms with Crippen LogP contribution in [0, 0.1) is 0 Å². The van der Waals surface area contributed by atoms with Gasteiger partial charge in [-0.2, -0.15) is 4.31 Å². The van der Waals surface area contributed by atoms with Gasteiger partial charge in [0.1, 0.15) is 10.5 Å². The van der Waals surface area contributed by atoms with E-state index in [4.69, 9.17) is 4.42 Å². The van der Waals surface area contributed by atoms with E-state index in [0.29, 0.717) is 24.4 Å². The molecular weight excluding hydrogens is 420 g/mol. The number of aryl methyl sites for hydroxylation is 2. The van der Waals surface area contributed by atoms with Gasteiger partial charge >= 0.3 is 5.63 Å². The molecule has 30 heavy (non-hydrogen) atoms. The average molecular weight is 443 g/mol. The summed E-state index contributed by atoms with van der Waals surface area (Å²) in [5, 5.41) is 1.69. The summed E-state index contributed by atoms with van der Waals surface area (Å²) in [6.45, 7) is 1.15. The maximum Gasteiger partial charge on any atom is 0.336 e. The van der Waals surface area contributed by atoms with E-state index in [2.05, 4.69) is 11.1 Å². The number of hydrogen-bond acceptors (Lipinski definition) is 6. The lowest BCUT2D eigenvalue weighted by Gasteiger charge is -2.15. The van der Waals surface area contributed by atoms with Crippen LogP contribution in [0.2, 0.25) is 0 Å². The van der Waals surface area contributed by atoms with Crippen molar-refractivity contribution in [3.63, 3.8) is 0 Å². The highest BCUT2D eigenvalue weighted by Gasteiger charge is 2.27. The van der Waals surface area contributed by atoms with E-state index in [0.717, 1.165) is 48.1 Å². The second-order valence-corrected chi connectivity index (χ2v) is 10.7. The summed E-state index contributed by atoms with van der Waals surface area (Å²) in [6, 6.07) is 9.05. The van der Waals surface area contributed by atoms with Gasteiger partial charge in [0.2, 0.25) is 10.0 Å². The summed E-state index contributed by atoms with van der Waals surface area (Å²) in [4.78, 5) is 16.6. The Hall–Kier alpha value is -2.16. The smallest absolute Gasteiger partial charge is 0.336 e. The summed E-state index contributed by atoms with van der Waals surface area (Å²) >= 11 is 1.48. The second-order valence-electron chi connectivity index (χ2n) is 7.79. The Labute approximate surface area is 179 Å². The number of benzene rings is 1. The quantitative estimate of drug-likeness (QED) is 0.442. The molecular formula is C22H22N2O4S2. The first-order valence-corrected chi connectivity index (χ1v) is 12.6. The van der Waals surface area contributed by atoms with E-state index in [1.807, 2.05) is 6.07 Å². The predicted octanol–water partition coefficient (Wildman–Crippen LogP) is 3.75. The van der Waals surface area contributed by atoms with Crippen molar-refractivity contribution in [2.45, 2.75) is 47.8 Å². The van der Waals surface area contributed by atoms with Crippen molar-refractivity contribution < 1.29 is 12.8 Å². The molecule has 1 aromatic carbocycles. The number of pyridine rings is 1. The van der Waals surface area contributed by atoms with Crippen LogP contribution in [0.3, 0.4) is 0 Å². The molecule has 0 N–H and O–H groups in total. The van der Waals surface area contributed by atoms with Crippen LogP contribution in [0.25, 0.3) is 11.0 Å². The maximum atomic E-state index is 12.6. The molecule has 0 radical (unpaired) electrons. The van der Waals surface area contributed by atoms with E-state index in [1.54, 1.807) is 18.2 Å². The Kier molecular flexibility index (Phi) is 5.16. The fourth-order valence-electron chi connectivity index (χ4n) is 4.25. The summed E-state index contributed by atoms with van der Waals surface area (Å²) < 4.78 is 32.2. The minimum atomic E-state index is -3.46. The number of thioether (sulfide) groups is 1. The van der Waals surface area contributed by atoms with Gasteiger partial charge in [-0.1, -0.05) is 0 Å². The van der Waals surface area contributed by atoms with Crippen LogP contribution in [-0.2, 0) is 28.6 Å². The third kappa shape index (κ3) is 3.68. The van der Waals surface area contributed by atoms with Gasteiger partial charge in [0.15, 0.2) is 0 Å². The van der Waals surface area contributed by atoms with Gasteiger partial charge < -0.3 is 4.42 Å². The van der Waals surface area contributed by atoms with Gasteiger partial charge in [-0.25, -0.2) is 18.2 Å².